The summed E-state index contributed by atoms with van der Waals surface area (Å²) >= 11 is 5.53. The molecule has 3 aliphatic heterocycles. The Morgan fingerprint density at radius 1 is 1.29 bits per heavy atom. The lowest BCUT2D eigenvalue weighted by Gasteiger charge is -2.43. The molecule has 3 saturated heterocycles. The molecule has 0 radical (unpaired) electrons. The van der Waals surface area contributed by atoms with Crippen LogP contribution in [0.5, 0.6) is 0 Å². The molecule has 0 spiro atoms. The molecule has 2 bridgehead atoms. The van der Waals surface area contributed by atoms with Gasteiger partial charge in [0, 0.05) is 6.54 Å². The molecule has 4 nitrogen and oxygen atoms in total. The fourth-order valence-electron chi connectivity index (χ4n) is 3.11. The van der Waals surface area contributed by atoms with Crippen molar-refractivity contribution in [3.63, 3.8) is 0 Å². The number of hydrogen-bond acceptors (Lipinski definition) is 3. The van der Waals surface area contributed by atoms with Crippen LogP contribution in [-0.4, -0.2) is 41.6 Å². The minimum atomic E-state index is -1.13. The number of nitrogens with zero attached hydrogens (tertiary/aromatic N) is 2. The van der Waals surface area contributed by atoms with E-state index in [1.807, 2.05) is 5.48 Å². The number of hydroxylamine groups is 1. The first-order valence-electron chi connectivity index (χ1n) is 6.94. The lowest BCUT2D eigenvalue weighted by Crippen LogP contribution is -2.50. The molecule has 0 saturated carbocycles. The van der Waals surface area contributed by atoms with Crippen molar-refractivity contribution in [1.82, 2.24) is 10.4 Å². The Kier molecular flexibility index (Phi) is 4.10. The van der Waals surface area contributed by atoms with Crippen LogP contribution in [-0.2, 0) is 0 Å². The molecule has 1 aromatic carbocycles. The van der Waals surface area contributed by atoms with E-state index in [9.17, 15) is 14.0 Å². The van der Waals surface area contributed by atoms with Crippen molar-refractivity contribution in [3.05, 3.63) is 34.4 Å². The van der Waals surface area contributed by atoms with E-state index in [1.54, 1.807) is 0 Å². The summed E-state index contributed by atoms with van der Waals surface area (Å²) in [7, 11) is 0. The first-order chi connectivity index (χ1) is 10.1. The van der Waals surface area contributed by atoms with Gasteiger partial charge in [-0.3, -0.25) is 15.7 Å². The van der Waals surface area contributed by atoms with E-state index < -0.39 is 11.6 Å². The number of piperidine rings is 3. The van der Waals surface area contributed by atoms with E-state index >= 15 is 0 Å². The summed E-state index contributed by atoms with van der Waals surface area (Å²) in [5.74, 6) is -1.87. The Bertz CT molecular complexity index is 574. The van der Waals surface area contributed by atoms with E-state index in [2.05, 4.69) is 9.89 Å². The predicted molar refractivity (Wildman–Crippen MR) is 75.8 cm³/mol. The van der Waals surface area contributed by atoms with Gasteiger partial charge >= 0.3 is 0 Å². The molecule has 0 aliphatic carbocycles. The zero-order valence-corrected chi connectivity index (χ0v) is 12.1. The molecule has 0 aromatic heterocycles. The maximum Gasteiger partial charge on any atom is 0.178 e. The van der Waals surface area contributed by atoms with Gasteiger partial charge in [-0.05, 0) is 44.0 Å². The third-order valence-corrected chi connectivity index (χ3v) is 4.60. The Balaban J connectivity index is 1.91. The van der Waals surface area contributed by atoms with Gasteiger partial charge in [0.2, 0.25) is 0 Å². The molecule has 3 aliphatic rings. The second kappa shape index (κ2) is 5.87. The largest absolute Gasteiger partial charge is 0.301 e. The Morgan fingerprint density at radius 3 is 2.57 bits per heavy atom. The third-order valence-electron chi connectivity index (χ3n) is 4.31. The summed E-state index contributed by atoms with van der Waals surface area (Å²) in [5.41, 5.74) is 1.78. The Morgan fingerprint density at radius 2 is 2.00 bits per heavy atom. The van der Waals surface area contributed by atoms with Gasteiger partial charge in [-0.25, -0.2) is 8.78 Å². The van der Waals surface area contributed by atoms with Gasteiger partial charge in [0.1, 0.15) is 0 Å². The van der Waals surface area contributed by atoms with Crippen molar-refractivity contribution < 1.29 is 14.0 Å². The van der Waals surface area contributed by atoms with E-state index in [1.165, 1.54) is 12.1 Å². The normalized spacial score (nSPS) is 28.8. The molecule has 0 amide bonds. The van der Waals surface area contributed by atoms with Crippen LogP contribution in [0, 0.1) is 17.6 Å². The molecule has 1 atom stereocenters. The molecule has 2 N–H and O–H groups in total. The van der Waals surface area contributed by atoms with Gasteiger partial charge in [0.15, 0.2) is 17.5 Å². The second-order valence-corrected chi connectivity index (χ2v) is 5.93. The molecule has 3 heterocycles. The standard InChI is InChI=1S/C14H16ClF2N3O/c15-10-2-1-9(12(16)13(10)17)14(19-21)18-11-7-20-5-3-8(11)4-6-20/h1-2,8,11,21H,3-7H2,(H,18,19)/t11-/m1/s1. The molecule has 114 valence electrons. The van der Waals surface area contributed by atoms with Crippen LogP contribution in [0.4, 0.5) is 8.78 Å². The average molecular weight is 316 g/mol. The van der Waals surface area contributed by atoms with Gasteiger partial charge in [0.25, 0.3) is 0 Å². The maximum absolute atomic E-state index is 13.9. The molecule has 1 aromatic rings. The minimum absolute atomic E-state index is 0.0136. The highest BCUT2D eigenvalue weighted by Crippen LogP contribution is 2.30. The Labute approximate surface area is 126 Å². The van der Waals surface area contributed by atoms with Crippen molar-refractivity contribution >= 4 is 17.4 Å². The van der Waals surface area contributed by atoms with Crippen LogP contribution in [0.1, 0.15) is 18.4 Å². The van der Waals surface area contributed by atoms with Crippen molar-refractivity contribution in [2.75, 3.05) is 19.6 Å². The minimum Gasteiger partial charge on any atom is -0.301 e. The van der Waals surface area contributed by atoms with Crippen LogP contribution in [0.3, 0.4) is 0 Å². The average Bonchev–Trinajstić information content (AvgIpc) is 2.52. The van der Waals surface area contributed by atoms with Gasteiger partial charge < -0.3 is 4.90 Å². The molecule has 3 fully saturated rings. The summed E-state index contributed by atoms with van der Waals surface area (Å²) in [6, 6.07) is 2.54. The molecule has 21 heavy (non-hydrogen) atoms. The number of hydrogen-bond donors (Lipinski definition) is 2. The highest BCUT2D eigenvalue weighted by molar-refractivity contribution is 6.30. The highest BCUT2D eigenvalue weighted by atomic mass is 35.5. The SMILES string of the molecule is ONC(=N[C@@H]1CN2CCC1CC2)c1ccc(Cl)c(F)c1F. The van der Waals surface area contributed by atoms with Crippen molar-refractivity contribution in [2.45, 2.75) is 18.9 Å². The van der Waals surface area contributed by atoms with Crippen LogP contribution >= 0.6 is 11.6 Å². The monoisotopic (exact) mass is 315 g/mol. The molecule has 0 unspecified atom stereocenters. The second-order valence-electron chi connectivity index (χ2n) is 5.52. The van der Waals surface area contributed by atoms with Gasteiger partial charge in [-0.1, -0.05) is 11.6 Å². The first kappa shape index (κ1) is 14.7. The zero-order chi connectivity index (χ0) is 15.0. The number of fused-ring (bicyclic) bond motifs is 3. The van der Waals surface area contributed by atoms with Crippen LogP contribution < -0.4 is 5.48 Å². The van der Waals surface area contributed by atoms with Gasteiger partial charge in [0.05, 0.1) is 16.6 Å². The lowest BCUT2D eigenvalue weighted by molar-refractivity contribution is 0.0898. The van der Waals surface area contributed by atoms with E-state index in [0.29, 0.717) is 5.92 Å². The van der Waals surface area contributed by atoms with Crippen LogP contribution in [0.2, 0.25) is 5.02 Å². The Hall–Kier alpha value is -1.24. The smallest absolute Gasteiger partial charge is 0.178 e. The molecular weight excluding hydrogens is 300 g/mol. The number of nitrogens with one attached hydrogen (secondary N) is 1. The lowest BCUT2D eigenvalue weighted by atomic mass is 9.84. The van der Waals surface area contributed by atoms with E-state index in [0.717, 1.165) is 32.5 Å². The fourth-order valence-corrected chi connectivity index (χ4v) is 3.26. The van der Waals surface area contributed by atoms with E-state index in [4.69, 9.17) is 11.6 Å². The zero-order valence-electron chi connectivity index (χ0n) is 11.3. The molecule has 4 rings (SSSR count). The van der Waals surface area contributed by atoms with Crippen LogP contribution in [0.25, 0.3) is 0 Å². The summed E-state index contributed by atoms with van der Waals surface area (Å²) in [6.07, 6.45) is 2.09. The summed E-state index contributed by atoms with van der Waals surface area (Å²) in [6.45, 7) is 2.90. The fraction of sp³-hybridized carbons (Fsp3) is 0.500. The topological polar surface area (TPSA) is 47.9 Å². The highest BCUT2D eigenvalue weighted by Gasteiger charge is 2.34. The number of aliphatic imine (C=N–C) groups is 1. The molecule has 7 heteroatoms. The van der Waals surface area contributed by atoms with Crippen molar-refractivity contribution in [3.8, 4) is 0 Å². The number of rotatable bonds is 2. The maximum atomic E-state index is 13.9. The van der Waals surface area contributed by atoms with Crippen molar-refractivity contribution in [2.24, 2.45) is 10.9 Å². The first-order valence-corrected chi connectivity index (χ1v) is 7.32. The quantitative estimate of drug-likeness (QED) is 0.381. The summed E-state index contributed by atoms with van der Waals surface area (Å²) in [4.78, 5) is 6.70. The number of amidine groups is 1. The number of halogens is 3. The van der Waals surface area contributed by atoms with Crippen molar-refractivity contribution in [1.29, 1.82) is 0 Å². The number of benzene rings is 1. The summed E-state index contributed by atoms with van der Waals surface area (Å²) in [5, 5.41) is 8.95. The van der Waals surface area contributed by atoms with Gasteiger partial charge in [-0.2, -0.15) is 0 Å². The predicted octanol–water partition coefficient (Wildman–Crippen LogP) is 2.44. The van der Waals surface area contributed by atoms with Gasteiger partial charge in [-0.15, -0.1) is 0 Å². The third kappa shape index (κ3) is 2.75. The molecular formula is C14H16ClF2N3O. The van der Waals surface area contributed by atoms with Crippen LogP contribution in [0.15, 0.2) is 17.1 Å². The summed E-state index contributed by atoms with van der Waals surface area (Å²) < 4.78 is 27.5. The van der Waals surface area contributed by atoms with E-state index in [-0.39, 0.29) is 22.5 Å².